The number of carboxylic acid groups (broad SMARTS) is 1. The van der Waals surface area contributed by atoms with Crippen molar-refractivity contribution in [1.29, 1.82) is 0 Å². The molecule has 5 heteroatoms. The van der Waals surface area contributed by atoms with E-state index < -0.39 is 12.0 Å². The van der Waals surface area contributed by atoms with E-state index in [9.17, 15) is 4.79 Å². The van der Waals surface area contributed by atoms with Gasteiger partial charge in [0.15, 0.2) is 0 Å². The first-order chi connectivity index (χ1) is 8.11. The third-order valence-corrected chi connectivity index (χ3v) is 3.33. The van der Waals surface area contributed by atoms with Gasteiger partial charge in [-0.25, -0.2) is 0 Å². The third kappa shape index (κ3) is 2.53. The van der Waals surface area contributed by atoms with E-state index in [1.807, 2.05) is 12.1 Å². The molecular weight excluding hydrogens is 242 g/mol. The summed E-state index contributed by atoms with van der Waals surface area (Å²) in [4.78, 5) is 10.8. The van der Waals surface area contributed by atoms with Gasteiger partial charge in [-0.15, -0.1) is 0 Å². The number of aliphatic carboxylic acids is 1. The van der Waals surface area contributed by atoms with E-state index in [-0.39, 0.29) is 6.04 Å². The Hall–Kier alpha value is -1.26. The summed E-state index contributed by atoms with van der Waals surface area (Å²) in [6.07, 6.45) is 1.45. The summed E-state index contributed by atoms with van der Waals surface area (Å²) in [7, 11) is 1.56. The van der Waals surface area contributed by atoms with Crippen LogP contribution in [0.3, 0.4) is 0 Å². The molecule has 0 aromatic heterocycles. The number of nitrogens with one attached hydrogen (secondary N) is 1. The Morgan fingerprint density at radius 3 is 2.88 bits per heavy atom. The molecule has 0 spiro atoms. The largest absolute Gasteiger partial charge is 0.495 e. The van der Waals surface area contributed by atoms with Crippen LogP contribution >= 0.6 is 11.6 Å². The lowest BCUT2D eigenvalue weighted by atomic mass is 10.1. The SMILES string of the molecule is COc1cc(C2CCC(C(=O)O)N2)ccc1Cl. The second kappa shape index (κ2) is 4.94. The number of rotatable bonds is 3. The molecule has 0 aliphatic carbocycles. The van der Waals surface area contributed by atoms with Crippen LogP contribution in [0.15, 0.2) is 18.2 Å². The van der Waals surface area contributed by atoms with Crippen LogP contribution in [-0.2, 0) is 4.79 Å². The van der Waals surface area contributed by atoms with Gasteiger partial charge in [0.2, 0.25) is 0 Å². The maximum atomic E-state index is 10.8. The molecule has 2 N–H and O–H groups in total. The highest BCUT2D eigenvalue weighted by molar-refractivity contribution is 6.32. The molecule has 92 valence electrons. The van der Waals surface area contributed by atoms with Crippen LogP contribution in [0.1, 0.15) is 24.4 Å². The van der Waals surface area contributed by atoms with Crippen LogP contribution in [0, 0.1) is 0 Å². The van der Waals surface area contributed by atoms with Gasteiger partial charge in [-0.05, 0) is 30.5 Å². The summed E-state index contributed by atoms with van der Waals surface area (Å²) in [6, 6.07) is 5.12. The summed E-state index contributed by atoms with van der Waals surface area (Å²) >= 11 is 5.94. The van der Waals surface area contributed by atoms with Crippen molar-refractivity contribution in [2.75, 3.05) is 7.11 Å². The maximum absolute atomic E-state index is 10.8. The smallest absolute Gasteiger partial charge is 0.320 e. The van der Waals surface area contributed by atoms with Crippen molar-refractivity contribution in [3.05, 3.63) is 28.8 Å². The molecule has 1 aliphatic heterocycles. The Kier molecular flexibility index (Phi) is 3.54. The molecule has 1 aromatic rings. The molecule has 1 heterocycles. The average molecular weight is 256 g/mol. The van der Waals surface area contributed by atoms with Crippen molar-refractivity contribution in [3.8, 4) is 5.75 Å². The topological polar surface area (TPSA) is 58.6 Å². The van der Waals surface area contributed by atoms with Gasteiger partial charge in [0.1, 0.15) is 11.8 Å². The van der Waals surface area contributed by atoms with Gasteiger partial charge in [0, 0.05) is 6.04 Å². The molecule has 17 heavy (non-hydrogen) atoms. The zero-order valence-electron chi connectivity index (χ0n) is 9.44. The molecule has 2 rings (SSSR count). The quantitative estimate of drug-likeness (QED) is 0.870. The minimum absolute atomic E-state index is 0.0577. The molecule has 1 aromatic carbocycles. The maximum Gasteiger partial charge on any atom is 0.320 e. The molecule has 0 radical (unpaired) electrons. The Labute approximate surface area is 105 Å². The molecule has 1 fully saturated rings. The van der Waals surface area contributed by atoms with Crippen molar-refractivity contribution in [2.24, 2.45) is 0 Å². The van der Waals surface area contributed by atoms with Crippen molar-refractivity contribution in [3.63, 3.8) is 0 Å². The van der Waals surface area contributed by atoms with Gasteiger partial charge in [-0.2, -0.15) is 0 Å². The fourth-order valence-corrected chi connectivity index (χ4v) is 2.29. The van der Waals surface area contributed by atoms with E-state index in [0.717, 1.165) is 12.0 Å². The number of hydrogen-bond donors (Lipinski definition) is 2. The number of halogens is 1. The molecule has 1 saturated heterocycles. The molecule has 0 saturated carbocycles. The van der Waals surface area contributed by atoms with Crippen molar-refractivity contribution in [1.82, 2.24) is 5.32 Å². The second-order valence-electron chi connectivity index (χ2n) is 4.08. The van der Waals surface area contributed by atoms with Gasteiger partial charge in [-0.3, -0.25) is 10.1 Å². The monoisotopic (exact) mass is 255 g/mol. The highest BCUT2D eigenvalue weighted by atomic mass is 35.5. The van der Waals surface area contributed by atoms with Gasteiger partial charge in [-0.1, -0.05) is 17.7 Å². The fraction of sp³-hybridized carbons (Fsp3) is 0.417. The second-order valence-corrected chi connectivity index (χ2v) is 4.49. The molecule has 0 amide bonds. The van der Waals surface area contributed by atoms with E-state index in [2.05, 4.69) is 5.32 Å². The normalized spacial score (nSPS) is 23.6. The Morgan fingerprint density at radius 1 is 1.53 bits per heavy atom. The zero-order chi connectivity index (χ0) is 12.4. The number of carbonyl (C=O) groups is 1. The van der Waals surface area contributed by atoms with Crippen LogP contribution in [0.2, 0.25) is 5.02 Å². The number of methoxy groups -OCH3 is 1. The van der Waals surface area contributed by atoms with Gasteiger partial charge in [0.05, 0.1) is 12.1 Å². The van der Waals surface area contributed by atoms with Crippen molar-refractivity contribution < 1.29 is 14.6 Å². The lowest BCUT2D eigenvalue weighted by Gasteiger charge is -2.14. The molecular formula is C12H14ClNO3. The highest BCUT2D eigenvalue weighted by Crippen LogP contribution is 2.32. The van der Waals surface area contributed by atoms with E-state index in [4.69, 9.17) is 21.4 Å². The zero-order valence-corrected chi connectivity index (χ0v) is 10.2. The first kappa shape index (κ1) is 12.2. The summed E-state index contributed by atoms with van der Waals surface area (Å²) in [6.45, 7) is 0. The Balaban J connectivity index is 2.16. The minimum Gasteiger partial charge on any atom is -0.495 e. The Bertz CT molecular complexity index is 436. The number of benzene rings is 1. The van der Waals surface area contributed by atoms with E-state index >= 15 is 0 Å². The Morgan fingerprint density at radius 2 is 2.29 bits per heavy atom. The van der Waals surface area contributed by atoms with Gasteiger partial charge in [0.25, 0.3) is 0 Å². The number of ether oxygens (including phenoxy) is 1. The van der Waals surface area contributed by atoms with Crippen LogP contribution in [0.5, 0.6) is 5.75 Å². The first-order valence-electron chi connectivity index (χ1n) is 5.44. The van der Waals surface area contributed by atoms with Gasteiger partial charge >= 0.3 is 5.97 Å². The predicted molar refractivity (Wildman–Crippen MR) is 64.5 cm³/mol. The average Bonchev–Trinajstić information content (AvgIpc) is 2.79. The van der Waals surface area contributed by atoms with Crippen LogP contribution in [0.25, 0.3) is 0 Å². The van der Waals surface area contributed by atoms with E-state index in [0.29, 0.717) is 17.2 Å². The van der Waals surface area contributed by atoms with E-state index in [1.54, 1.807) is 13.2 Å². The molecule has 0 bridgehead atoms. The van der Waals surface area contributed by atoms with Crippen LogP contribution in [-0.4, -0.2) is 24.2 Å². The van der Waals surface area contributed by atoms with Crippen molar-refractivity contribution >= 4 is 17.6 Å². The number of hydrogen-bond acceptors (Lipinski definition) is 3. The highest BCUT2D eigenvalue weighted by Gasteiger charge is 2.29. The molecule has 4 nitrogen and oxygen atoms in total. The standard InChI is InChI=1S/C12H14ClNO3/c1-17-11-6-7(2-3-8(11)13)9-4-5-10(14-9)12(15)16/h2-3,6,9-10,14H,4-5H2,1H3,(H,15,16). The first-order valence-corrected chi connectivity index (χ1v) is 5.82. The minimum atomic E-state index is -0.798. The van der Waals surface area contributed by atoms with Crippen molar-refractivity contribution in [2.45, 2.75) is 24.9 Å². The lowest BCUT2D eigenvalue weighted by Crippen LogP contribution is -2.31. The van der Waals surface area contributed by atoms with Crippen LogP contribution in [0.4, 0.5) is 0 Å². The summed E-state index contributed by atoms with van der Waals surface area (Å²) in [5.41, 5.74) is 1.01. The third-order valence-electron chi connectivity index (χ3n) is 3.02. The van der Waals surface area contributed by atoms with Crippen LogP contribution < -0.4 is 10.1 Å². The molecule has 2 atom stereocenters. The molecule has 2 unspecified atom stereocenters. The summed E-state index contributed by atoms with van der Waals surface area (Å²) in [5, 5.41) is 12.6. The summed E-state index contributed by atoms with van der Waals surface area (Å²) < 4.78 is 5.14. The lowest BCUT2D eigenvalue weighted by molar-refractivity contribution is -0.139. The molecule has 1 aliphatic rings. The predicted octanol–water partition coefficient (Wildman–Crippen LogP) is 2.23. The summed E-state index contributed by atoms with van der Waals surface area (Å²) in [5.74, 6) is -0.182. The van der Waals surface area contributed by atoms with E-state index in [1.165, 1.54) is 0 Å². The van der Waals surface area contributed by atoms with Gasteiger partial charge < -0.3 is 9.84 Å². The number of carboxylic acids is 1. The fourth-order valence-electron chi connectivity index (χ4n) is 2.09.